The van der Waals surface area contributed by atoms with Gasteiger partial charge in [-0.1, -0.05) is 148 Å². The van der Waals surface area contributed by atoms with E-state index in [1.165, 1.54) is 78.2 Å². The predicted molar refractivity (Wildman–Crippen MR) is 189 cm³/mol. The normalized spacial score (nSPS) is 13.7. The van der Waals surface area contributed by atoms with E-state index < -0.39 is 0 Å². The molecule has 1 aromatic rings. The van der Waals surface area contributed by atoms with E-state index in [1.807, 2.05) is 13.8 Å². The fourth-order valence-electron chi connectivity index (χ4n) is 4.32. The van der Waals surface area contributed by atoms with E-state index in [2.05, 4.69) is 124 Å². The Morgan fingerprint density at radius 3 is 1.59 bits per heavy atom. The van der Waals surface area contributed by atoms with Gasteiger partial charge in [0, 0.05) is 21.3 Å². The maximum Gasteiger partial charge on any atom is 0.0148 e. The standard InChI is InChI=1S/C34H60S2.C2H6.CH4/c1-12-16-18-27(14-3)24-35-31-23-30(34(10,11)26(5)6)32(22-29(31)20-21-33(7,8)9)36-25-28(15-4)19-17-13-2;1-2;/h20-23,26-28H,12-19,24-25H2,1-11H3;1-2H3;1H4/b21-20+;;. The van der Waals surface area contributed by atoms with Gasteiger partial charge < -0.3 is 0 Å². The fourth-order valence-corrected chi connectivity index (χ4v) is 7.13. The molecule has 0 saturated heterocycles. The van der Waals surface area contributed by atoms with Crippen LogP contribution in [0.2, 0.25) is 0 Å². The van der Waals surface area contributed by atoms with Gasteiger partial charge in [-0.2, -0.15) is 0 Å². The number of benzene rings is 1. The monoisotopic (exact) mass is 578 g/mol. The average Bonchev–Trinajstić information content (AvgIpc) is 2.88. The van der Waals surface area contributed by atoms with Crippen LogP contribution in [0.3, 0.4) is 0 Å². The van der Waals surface area contributed by atoms with Crippen molar-refractivity contribution in [2.24, 2.45) is 23.2 Å². The van der Waals surface area contributed by atoms with Gasteiger partial charge in [-0.15, -0.1) is 23.5 Å². The molecule has 0 saturated carbocycles. The Morgan fingerprint density at radius 2 is 1.21 bits per heavy atom. The summed E-state index contributed by atoms with van der Waals surface area (Å²) in [6.07, 6.45) is 15.4. The second kappa shape index (κ2) is 21.4. The first-order chi connectivity index (χ1) is 17.9. The molecule has 0 radical (unpaired) electrons. The van der Waals surface area contributed by atoms with Crippen LogP contribution < -0.4 is 0 Å². The first-order valence-corrected chi connectivity index (χ1v) is 18.0. The van der Waals surface area contributed by atoms with Crippen LogP contribution in [0.4, 0.5) is 0 Å². The van der Waals surface area contributed by atoms with Crippen molar-refractivity contribution in [1.82, 2.24) is 0 Å². The minimum Gasteiger partial charge on any atom is -0.126 e. The maximum atomic E-state index is 2.59. The van der Waals surface area contributed by atoms with Gasteiger partial charge in [0.15, 0.2) is 0 Å². The average molecular weight is 579 g/mol. The van der Waals surface area contributed by atoms with E-state index in [0.29, 0.717) is 5.92 Å². The van der Waals surface area contributed by atoms with Crippen molar-refractivity contribution in [3.05, 3.63) is 29.3 Å². The number of thioether (sulfide) groups is 2. The predicted octanol–water partition coefficient (Wildman–Crippen LogP) is 14.0. The lowest BCUT2D eigenvalue weighted by Gasteiger charge is -2.33. The Morgan fingerprint density at radius 1 is 0.744 bits per heavy atom. The van der Waals surface area contributed by atoms with Crippen LogP contribution in [0.25, 0.3) is 6.08 Å². The van der Waals surface area contributed by atoms with Crippen molar-refractivity contribution < 1.29 is 0 Å². The molecular formula is C37H70S2. The van der Waals surface area contributed by atoms with E-state index >= 15 is 0 Å². The van der Waals surface area contributed by atoms with E-state index in [-0.39, 0.29) is 18.3 Å². The van der Waals surface area contributed by atoms with Gasteiger partial charge in [-0.25, -0.2) is 0 Å². The summed E-state index contributed by atoms with van der Waals surface area (Å²) in [5.74, 6) is 4.70. The summed E-state index contributed by atoms with van der Waals surface area (Å²) in [4.78, 5) is 3.00. The van der Waals surface area contributed by atoms with Gasteiger partial charge >= 0.3 is 0 Å². The van der Waals surface area contributed by atoms with E-state index in [0.717, 1.165) is 11.8 Å². The fraction of sp³-hybridized carbons (Fsp3) is 0.784. The van der Waals surface area contributed by atoms with Crippen LogP contribution in [-0.2, 0) is 5.41 Å². The maximum absolute atomic E-state index is 2.59. The van der Waals surface area contributed by atoms with Gasteiger partial charge in [-0.05, 0) is 64.7 Å². The molecule has 2 atom stereocenters. The molecule has 0 amide bonds. The topological polar surface area (TPSA) is 0 Å². The molecule has 0 aliphatic carbocycles. The van der Waals surface area contributed by atoms with Crippen LogP contribution in [0.1, 0.15) is 160 Å². The zero-order valence-corrected chi connectivity index (χ0v) is 29.6. The molecule has 230 valence electrons. The Hall–Kier alpha value is -0.340. The van der Waals surface area contributed by atoms with Crippen LogP contribution >= 0.6 is 23.5 Å². The molecule has 0 aromatic heterocycles. The summed E-state index contributed by atoms with van der Waals surface area (Å²) in [5.41, 5.74) is 3.32. The van der Waals surface area contributed by atoms with Gasteiger partial charge in [0.25, 0.3) is 0 Å². The Kier molecular flexibility index (Phi) is 22.4. The number of hydrogen-bond acceptors (Lipinski definition) is 2. The second-order valence-electron chi connectivity index (χ2n) is 12.9. The molecule has 0 nitrogen and oxygen atoms in total. The van der Waals surface area contributed by atoms with Crippen molar-refractivity contribution in [2.45, 2.75) is 164 Å². The minimum absolute atomic E-state index is 0. The smallest absolute Gasteiger partial charge is 0.0148 e. The zero-order valence-electron chi connectivity index (χ0n) is 27.9. The first-order valence-electron chi connectivity index (χ1n) is 16.0. The summed E-state index contributed by atoms with van der Waals surface area (Å²) in [6.45, 7) is 30.0. The van der Waals surface area contributed by atoms with Crippen molar-refractivity contribution >= 4 is 29.6 Å². The largest absolute Gasteiger partial charge is 0.126 e. The lowest BCUT2D eigenvalue weighted by molar-refractivity contribution is 0.365. The van der Waals surface area contributed by atoms with Crippen molar-refractivity contribution in [3.8, 4) is 0 Å². The lowest BCUT2D eigenvalue weighted by atomic mass is 9.75. The number of allylic oxidation sites excluding steroid dienone is 1. The third-order valence-corrected chi connectivity index (χ3v) is 10.6. The molecule has 0 aliphatic rings. The summed E-state index contributed by atoms with van der Waals surface area (Å²) >= 11 is 4.24. The third-order valence-electron chi connectivity index (χ3n) is 8.05. The molecule has 1 rings (SSSR count). The SMILES string of the molecule is C.CC.CCCCC(CC)CSc1cc(C(C)(C)C(C)C)c(SCC(CC)CCCC)cc1/C=C/C(C)(C)C. The van der Waals surface area contributed by atoms with Crippen LogP contribution in [0.15, 0.2) is 28.0 Å². The number of unbranched alkanes of at least 4 members (excludes halogenated alkanes) is 2. The lowest BCUT2D eigenvalue weighted by Crippen LogP contribution is -2.25. The molecule has 1 aromatic carbocycles. The van der Waals surface area contributed by atoms with Crippen molar-refractivity contribution in [3.63, 3.8) is 0 Å². The molecule has 2 unspecified atom stereocenters. The zero-order chi connectivity index (χ0) is 29.4. The summed E-state index contributed by atoms with van der Waals surface area (Å²) in [6, 6.07) is 5.14. The van der Waals surface area contributed by atoms with E-state index in [4.69, 9.17) is 0 Å². The Balaban J connectivity index is 0. The first kappa shape index (κ1) is 40.8. The molecule has 2 heteroatoms. The highest BCUT2D eigenvalue weighted by Gasteiger charge is 2.29. The molecule has 0 spiro atoms. The van der Waals surface area contributed by atoms with Crippen LogP contribution in [0.5, 0.6) is 0 Å². The van der Waals surface area contributed by atoms with E-state index in [1.54, 1.807) is 5.56 Å². The summed E-state index contributed by atoms with van der Waals surface area (Å²) in [7, 11) is 0. The molecule has 0 aliphatic heterocycles. The highest BCUT2D eigenvalue weighted by Crippen LogP contribution is 2.43. The summed E-state index contributed by atoms with van der Waals surface area (Å²) in [5, 5.41) is 0. The number of hydrogen-bond donors (Lipinski definition) is 0. The minimum atomic E-state index is 0. The highest BCUT2D eigenvalue weighted by molar-refractivity contribution is 7.99. The van der Waals surface area contributed by atoms with Gasteiger partial charge in [0.1, 0.15) is 0 Å². The quantitative estimate of drug-likeness (QED) is 0.169. The third kappa shape index (κ3) is 15.5. The number of rotatable bonds is 17. The highest BCUT2D eigenvalue weighted by atomic mass is 32.2. The van der Waals surface area contributed by atoms with E-state index in [9.17, 15) is 0 Å². The molecule has 0 fully saturated rings. The van der Waals surface area contributed by atoms with Crippen molar-refractivity contribution in [1.29, 1.82) is 0 Å². The Labute approximate surface area is 256 Å². The van der Waals surface area contributed by atoms with Gasteiger partial charge in [0.05, 0.1) is 0 Å². The molecular weight excluding hydrogens is 509 g/mol. The molecule has 0 heterocycles. The molecule has 39 heavy (non-hydrogen) atoms. The van der Waals surface area contributed by atoms with Crippen LogP contribution in [-0.4, -0.2) is 11.5 Å². The molecule has 0 bridgehead atoms. The van der Waals surface area contributed by atoms with Crippen LogP contribution in [0, 0.1) is 23.2 Å². The summed E-state index contributed by atoms with van der Waals surface area (Å²) < 4.78 is 0. The molecule has 0 N–H and O–H groups in total. The Bertz CT molecular complexity index is 766. The van der Waals surface area contributed by atoms with Gasteiger partial charge in [-0.3, -0.25) is 0 Å². The second-order valence-corrected chi connectivity index (χ2v) is 15.0. The van der Waals surface area contributed by atoms with Crippen molar-refractivity contribution in [2.75, 3.05) is 11.5 Å². The van der Waals surface area contributed by atoms with Gasteiger partial charge in [0.2, 0.25) is 0 Å².